The fourth-order valence-electron chi connectivity index (χ4n) is 3.14. The molecular weight excluding hydrogens is 300 g/mol. The molecule has 0 aromatic carbocycles. The van der Waals surface area contributed by atoms with Crippen LogP contribution >= 0.6 is 0 Å². The molecule has 0 aliphatic carbocycles. The Balaban J connectivity index is 1.72. The number of nitrogens with zero attached hydrogens (tertiary/aromatic N) is 3. The first-order valence-corrected chi connectivity index (χ1v) is 9.55. The molecule has 2 heterocycles. The summed E-state index contributed by atoms with van der Waals surface area (Å²) in [6.07, 6.45) is 6.62. The SMILES string of the molecule is Cc1nccn1CCCCNS(=O)(=O)N1C[C@@H](C)C[C@H](C)C1. The van der Waals surface area contributed by atoms with E-state index in [0.29, 0.717) is 31.5 Å². The zero-order valence-electron chi connectivity index (χ0n) is 13.8. The van der Waals surface area contributed by atoms with E-state index in [1.807, 2.05) is 13.1 Å². The Morgan fingerprint density at radius 2 is 1.95 bits per heavy atom. The third kappa shape index (κ3) is 4.79. The maximum Gasteiger partial charge on any atom is 0.279 e. The van der Waals surface area contributed by atoms with Crippen LogP contribution in [-0.2, 0) is 16.8 Å². The molecule has 6 nitrogen and oxygen atoms in total. The third-order valence-electron chi connectivity index (χ3n) is 4.21. The van der Waals surface area contributed by atoms with Crippen molar-refractivity contribution < 1.29 is 8.42 Å². The largest absolute Gasteiger partial charge is 0.335 e. The third-order valence-corrected chi connectivity index (χ3v) is 5.76. The molecule has 126 valence electrons. The van der Waals surface area contributed by atoms with E-state index in [9.17, 15) is 8.42 Å². The van der Waals surface area contributed by atoms with Gasteiger partial charge < -0.3 is 4.57 Å². The Kier molecular flexibility index (Phi) is 6.00. The molecule has 1 aliphatic heterocycles. The molecule has 0 spiro atoms. The van der Waals surface area contributed by atoms with Gasteiger partial charge in [0.05, 0.1) is 0 Å². The number of nitrogens with one attached hydrogen (secondary N) is 1. The summed E-state index contributed by atoms with van der Waals surface area (Å²) in [6, 6.07) is 0. The molecule has 1 fully saturated rings. The Labute approximate surface area is 134 Å². The number of rotatable bonds is 7. The second-order valence-electron chi connectivity index (χ2n) is 6.54. The molecule has 0 unspecified atom stereocenters. The maximum atomic E-state index is 12.3. The highest BCUT2D eigenvalue weighted by molar-refractivity contribution is 7.87. The molecule has 2 atom stereocenters. The van der Waals surface area contributed by atoms with Gasteiger partial charge in [0.25, 0.3) is 10.2 Å². The molecule has 1 aromatic heterocycles. The van der Waals surface area contributed by atoms with Crippen LogP contribution in [0.25, 0.3) is 0 Å². The first kappa shape index (κ1) is 17.4. The van der Waals surface area contributed by atoms with Gasteiger partial charge in [-0.05, 0) is 38.0 Å². The van der Waals surface area contributed by atoms with Crippen LogP contribution in [-0.4, -0.2) is 41.9 Å². The molecular formula is C15H28N4O2S. The summed E-state index contributed by atoms with van der Waals surface area (Å²) < 4.78 is 31.1. The lowest BCUT2D eigenvalue weighted by Gasteiger charge is -2.33. The van der Waals surface area contributed by atoms with Crippen LogP contribution < -0.4 is 4.72 Å². The first-order chi connectivity index (χ1) is 10.4. The van der Waals surface area contributed by atoms with Crippen molar-refractivity contribution in [3.8, 4) is 0 Å². The van der Waals surface area contributed by atoms with Crippen molar-refractivity contribution in [1.82, 2.24) is 18.6 Å². The van der Waals surface area contributed by atoms with Gasteiger partial charge in [0.1, 0.15) is 5.82 Å². The van der Waals surface area contributed by atoms with Crippen LogP contribution in [0.1, 0.15) is 38.9 Å². The molecule has 1 saturated heterocycles. The van der Waals surface area contributed by atoms with Crippen molar-refractivity contribution >= 4 is 10.2 Å². The number of hydrogen-bond acceptors (Lipinski definition) is 3. The van der Waals surface area contributed by atoms with Gasteiger partial charge in [0, 0.05) is 38.6 Å². The fraction of sp³-hybridized carbons (Fsp3) is 0.800. The Morgan fingerprint density at radius 1 is 1.27 bits per heavy atom. The minimum absolute atomic E-state index is 0.435. The number of piperidine rings is 1. The standard InChI is InChI=1S/C15H28N4O2S/c1-13-10-14(2)12-19(11-13)22(20,21)17-6-4-5-8-18-9-7-16-15(18)3/h7,9,13-14,17H,4-6,8,10-12H2,1-3H3/t13-,14-/m0/s1. The Morgan fingerprint density at radius 3 is 2.55 bits per heavy atom. The van der Waals surface area contributed by atoms with Crippen molar-refractivity contribution in [2.75, 3.05) is 19.6 Å². The van der Waals surface area contributed by atoms with Crippen molar-refractivity contribution in [3.05, 3.63) is 18.2 Å². The van der Waals surface area contributed by atoms with Crippen LogP contribution in [0, 0.1) is 18.8 Å². The average molecular weight is 328 g/mol. The van der Waals surface area contributed by atoms with Crippen LogP contribution in [0.4, 0.5) is 0 Å². The number of unbranched alkanes of at least 4 members (excludes halogenated alkanes) is 1. The number of aryl methyl sites for hydroxylation is 2. The van der Waals surface area contributed by atoms with E-state index in [-0.39, 0.29) is 0 Å². The topological polar surface area (TPSA) is 67.2 Å². The molecule has 0 radical (unpaired) electrons. The highest BCUT2D eigenvalue weighted by Crippen LogP contribution is 2.22. The zero-order valence-corrected chi connectivity index (χ0v) is 14.6. The highest BCUT2D eigenvalue weighted by atomic mass is 32.2. The van der Waals surface area contributed by atoms with Crippen LogP contribution in [0.2, 0.25) is 0 Å². The van der Waals surface area contributed by atoms with E-state index in [1.54, 1.807) is 10.5 Å². The van der Waals surface area contributed by atoms with E-state index in [1.165, 1.54) is 0 Å². The maximum absolute atomic E-state index is 12.3. The quantitative estimate of drug-likeness (QED) is 0.776. The van der Waals surface area contributed by atoms with Gasteiger partial charge in [0.15, 0.2) is 0 Å². The molecule has 7 heteroatoms. The molecule has 1 aliphatic rings. The molecule has 2 rings (SSSR count). The summed E-state index contributed by atoms with van der Waals surface area (Å²) >= 11 is 0. The first-order valence-electron chi connectivity index (χ1n) is 8.11. The van der Waals surface area contributed by atoms with Gasteiger partial charge in [-0.3, -0.25) is 0 Å². The molecule has 1 aromatic rings. The van der Waals surface area contributed by atoms with Crippen LogP contribution in [0.15, 0.2) is 12.4 Å². The number of hydrogen-bond donors (Lipinski definition) is 1. The average Bonchev–Trinajstić information content (AvgIpc) is 2.83. The molecule has 0 saturated carbocycles. The molecule has 0 amide bonds. The van der Waals surface area contributed by atoms with Crippen molar-refractivity contribution in [2.24, 2.45) is 11.8 Å². The molecule has 22 heavy (non-hydrogen) atoms. The lowest BCUT2D eigenvalue weighted by molar-refractivity contribution is 0.220. The second kappa shape index (κ2) is 7.57. The minimum Gasteiger partial charge on any atom is -0.335 e. The summed E-state index contributed by atoms with van der Waals surface area (Å²) in [6.45, 7) is 8.85. The summed E-state index contributed by atoms with van der Waals surface area (Å²) in [5.41, 5.74) is 0. The van der Waals surface area contributed by atoms with E-state index < -0.39 is 10.2 Å². The van der Waals surface area contributed by atoms with Crippen LogP contribution in [0.5, 0.6) is 0 Å². The van der Waals surface area contributed by atoms with Crippen molar-refractivity contribution in [2.45, 2.75) is 46.6 Å². The van der Waals surface area contributed by atoms with E-state index in [0.717, 1.165) is 31.6 Å². The van der Waals surface area contributed by atoms with Gasteiger partial charge in [-0.1, -0.05) is 13.8 Å². The van der Waals surface area contributed by atoms with Crippen molar-refractivity contribution in [3.63, 3.8) is 0 Å². The highest BCUT2D eigenvalue weighted by Gasteiger charge is 2.29. The summed E-state index contributed by atoms with van der Waals surface area (Å²) in [5, 5.41) is 0. The van der Waals surface area contributed by atoms with E-state index >= 15 is 0 Å². The summed E-state index contributed by atoms with van der Waals surface area (Å²) in [5.74, 6) is 1.87. The molecule has 1 N–H and O–H groups in total. The van der Waals surface area contributed by atoms with Gasteiger partial charge in [-0.25, -0.2) is 9.71 Å². The lowest BCUT2D eigenvalue weighted by atomic mass is 9.94. The smallest absolute Gasteiger partial charge is 0.279 e. The van der Waals surface area contributed by atoms with Crippen molar-refractivity contribution in [1.29, 1.82) is 0 Å². The number of imidazole rings is 1. The van der Waals surface area contributed by atoms with Crippen LogP contribution in [0.3, 0.4) is 0 Å². The monoisotopic (exact) mass is 328 g/mol. The zero-order chi connectivity index (χ0) is 16.2. The predicted molar refractivity (Wildman–Crippen MR) is 87.6 cm³/mol. The van der Waals surface area contributed by atoms with E-state index in [2.05, 4.69) is 28.1 Å². The lowest BCUT2D eigenvalue weighted by Crippen LogP contribution is -2.48. The van der Waals surface area contributed by atoms with E-state index in [4.69, 9.17) is 0 Å². The Bertz CT molecular complexity index is 560. The Hall–Kier alpha value is -0.920. The molecule has 0 bridgehead atoms. The predicted octanol–water partition coefficient (Wildman–Crippen LogP) is 1.78. The summed E-state index contributed by atoms with van der Waals surface area (Å²) in [4.78, 5) is 4.17. The van der Waals surface area contributed by atoms with Gasteiger partial charge in [-0.15, -0.1) is 0 Å². The summed E-state index contributed by atoms with van der Waals surface area (Å²) in [7, 11) is -3.33. The van der Waals surface area contributed by atoms with Gasteiger partial charge >= 0.3 is 0 Å². The fourth-order valence-corrected chi connectivity index (χ4v) is 4.63. The second-order valence-corrected chi connectivity index (χ2v) is 8.29. The number of aromatic nitrogens is 2. The van der Waals surface area contributed by atoms with Gasteiger partial charge in [-0.2, -0.15) is 12.7 Å². The minimum atomic E-state index is -3.33. The normalized spacial score (nSPS) is 23.8. The van der Waals surface area contributed by atoms with Gasteiger partial charge in [0.2, 0.25) is 0 Å².